The second-order valence-electron chi connectivity index (χ2n) is 15.5. The normalized spacial score (nSPS) is 14.6. The molecule has 0 aliphatic rings. The van der Waals surface area contributed by atoms with Crippen LogP contribution in [0.15, 0.2) is 78.9 Å². The summed E-state index contributed by atoms with van der Waals surface area (Å²) in [6.45, 7) is 9.10. The molecule has 5 unspecified atom stereocenters. The number of nitrogens with zero attached hydrogens (tertiary/aromatic N) is 1. The number of carbonyl (C=O) groups excluding carboxylic acids is 2. The molecule has 10 heteroatoms. The van der Waals surface area contributed by atoms with Crippen molar-refractivity contribution in [1.82, 2.24) is 10.2 Å². The number of ketones is 1. The minimum absolute atomic E-state index is 0.0960. The van der Waals surface area contributed by atoms with Crippen molar-refractivity contribution in [3.63, 3.8) is 0 Å². The van der Waals surface area contributed by atoms with E-state index < -0.39 is 14.7 Å². The molecule has 1 N–H and O–H groups in total. The Hall–Kier alpha value is -3.22. The number of rotatable bonds is 28. The highest BCUT2D eigenvalue weighted by Crippen LogP contribution is 2.39. The van der Waals surface area contributed by atoms with Crippen molar-refractivity contribution < 1.29 is 32.3 Å². The molecule has 0 aliphatic carbocycles. The summed E-state index contributed by atoms with van der Waals surface area (Å²) in [6, 6.07) is 28.9. The Morgan fingerprint density at radius 1 is 0.714 bits per heavy atom. The van der Waals surface area contributed by atoms with Gasteiger partial charge in [-0.15, -0.1) is 0 Å². The molecule has 0 spiro atoms. The van der Waals surface area contributed by atoms with E-state index in [2.05, 4.69) is 111 Å². The average molecular weight is 791 g/mol. The fourth-order valence-electron chi connectivity index (χ4n) is 7.73. The monoisotopic (exact) mass is 790 g/mol. The lowest BCUT2D eigenvalue weighted by Crippen LogP contribution is -2.43. The summed E-state index contributed by atoms with van der Waals surface area (Å²) < 4.78 is 27.6. The van der Waals surface area contributed by atoms with Crippen LogP contribution in [-0.2, 0) is 45.4 Å². The topological polar surface area (TPSA) is 95.6 Å². The maximum Gasteiger partial charge on any atom is 0.500 e. The summed E-state index contributed by atoms with van der Waals surface area (Å²) in [4.78, 5) is 29.3. The van der Waals surface area contributed by atoms with Crippen molar-refractivity contribution in [1.29, 1.82) is 0 Å². The van der Waals surface area contributed by atoms with Crippen molar-refractivity contribution in [2.45, 2.75) is 96.2 Å². The third kappa shape index (κ3) is 15.6. The molecule has 0 aliphatic heterocycles. The minimum atomic E-state index is -2.56. The third-order valence-electron chi connectivity index (χ3n) is 11.1. The van der Waals surface area contributed by atoms with Crippen molar-refractivity contribution in [3.05, 3.63) is 107 Å². The van der Waals surface area contributed by atoms with Crippen LogP contribution < -0.4 is 5.32 Å². The SMILES string of the molecule is CCC(CC(CC(CC(CC(C)c1ccc(CN(C)C)cc1)C(C)=O)C(=O)OCCOC)c1ccccc1)c1ccc(CNCCC[Si](OC)(OC)OC)cc1. The highest BCUT2D eigenvalue weighted by molar-refractivity contribution is 6.60. The molecular weight excluding hydrogens is 721 g/mol. The molecule has 0 saturated carbocycles. The van der Waals surface area contributed by atoms with Crippen molar-refractivity contribution >= 4 is 20.6 Å². The number of methoxy groups -OCH3 is 1. The van der Waals surface area contributed by atoms with Gasteiger partial charge in [-0.2, -0.15) is 0 Å². The zero-order valence-electron chi connectivity index (χ0n) is 35.7. The van der Waals surface area contributed by atoms with Crippen LogP contribution in [0.25, 0.3) is 0 Å². The van der Waals surface area contributed by atoms with Gasteiger partial charge in [-0.3, -0.25) is 9.59 Å². The predicted molar refractivity (Wildman–Crippen MR) is 228 cm³/mol. The number of benzene rings is 3. The van der Waals surface area contributed by atoms with Gasteiger partial charge in [0.05, 0.1) is 12.5 Å². The first-order valence-corrected chi connectivity index (χ1v) is 22.3. The van der Waals surface area contributed by atoms with Gasteiger partial charge in [0, 0.05) is 53.5 Å². The quantitative estimate of drug-likeness (QED) is 0.0440. The lowest BCUT2D eigenvalue weighted by Gasteiger charge is -2.29. The summed E-state index contributed by atoms with van der Waals surface area (Å²) >= 11 is 0. The summed E-state index contributed by atoms with van der Waals surface area (Å²) in [7, 11) is 8.12. The molecule has 3 aromatic carbocycles. The van der Waals surface area contributed by atoms with Crippen LogP contribution in [0.2, 0.25) is 6.04 Å². The molecule has 310 valence electrons. The van der Waals surface area contributed by atoms with E-state index in [4.69, 9.17) is 22.8 Å². The third-order valence-corrected chi connectivity index (χ3v) is 14.0. The molecule has 0 heterocycles. The first-order chi connectivity index (χ1) is 27.0. The minimum Gasteiger partial charge on any atom is -0.463 e. The molecule has 0 bridgehead atoms. The highest BCUT2D eigenvalue weighted by atomic mass is 28.4. The second kappa shape index (κ2) is 25.2. The van der Waals surface area contributed by atoms with E-state index in [1.54, 1.807) is 35.4 Å². The first-order valence-electron chi connectivity index (χ1n) is 20.4. The number of carbonyl (C=O) groups is 2. The number of ether oxygens (including phenoxy) is 2. The van der Waals surface area contributed by atoms with E-state index in [0.29, 0.717) is 31.8 Å². The Kier molecular flexibility index (Phi) is 21.2. The Morgan fingerprint density at radius 3 is 1.89 bits per heavy atom. The maximum atomic E-state index is 13.9. The highest BCUT2D eigenvalue weighted by Gasteiger charge is 2.37. The van der Waals surface area contributed by atoms with Crippen LogP contribution in [0.3, 0.4) is 0 Å². The second-order valence-corrected chi connectivity index (χ2v) is 18.6. The Bertz CT molecular complexity index is 1530. The molecule has 0 radical (unpaired) electrons. The molecule has 0 aromatic heterocycles. The zero-order valence-corrected chi connectivity index (χ0v) is 36.7. The smallest absolute Gasteiger partial charge is 0.463 e. The van der Waals surface area contributed by atoms with Crippen LogP contribution in [-0.4, -0.2) is 87.7 Å². The summed E-state index contributed by atoms with van der Waals surface area (Å²) in [5, 5.41) is 3.54. The van der Waals surface area contributed by atoms with Crippen LogP contribution in [0.4, 0.5) is 0 Å². The van der Waals surface area contributed by atoms with Crippen LogP contribution in [0.1, 0.15) is 105 Å². The molecule has 0 amide bonds. The standard InChI is InChI=1S/C46H70N2O7Si/c1-10-39(42-23-17-37(18-24-42)33-47-25-14-28-56(52-7,53-8)54-9)30-44(41-15-12-11-13-16-41)32-45(46(50)55-27-26-51-6)31-43(36(3)49)29-35(2)40-21-19-38(20-22-40)34-48(4)5/h11-13,15-24,35,39,43-45,47H,10,14,25-34H2,1-9H3. The lowest BCUT2D eigenvalue weighted by molar-refractivity contribution is -0.151. The van der Waals surface area contributed by atoms with Gasteiger partial charge >= 0.3 is 14.8 Å². The molecular formula is C46H70N2O7Si. The molecule has 3 rings (SSSR count). The van der Waals surface area contributed by atoms with Crippen molar-refractivity contribution in [3.8, 4) is 0 Å². The Labute approximate surface area is 339 Å². The van der Waals surface area contributed by atoms with Gasteiger partial charge in [-0.25, -0.2) is 0 Å². The van der Waals surface area contributed by atoms with Crippen molar-refractivity contribution in [2.75, 3.05) is 62.3 Å². The van der Waals surface area contributed by atoms with Gasteiger partial charge in [0.2, 0.25) is 0 Å². The molecule has 3 aromatic rings. The number of esters is 1. The molecule has 56 heavy (non-hydrogen) atoms. The lowest BCUT2D eigenvalue weighted by atomic mass is 9.76. The zero-order chi connectivity index (χ0) is 40.9. The molecule has 0 fully saturated rings. The van der Waals surface area contributed by atoms with E-state index in [-0.39, 0.29) is 36.1 Å². The molecule has 0 saturated heterocycles. The van der Waals surface area contributed by atoms with Gasteiger partial charge in [0.25, 0.3) is 0 Å². The average Bonchev–Trinajstić information content (AvgIpc) is 3.20. The van der Waals surface area contributed by atoms with Gasteiger partial charge in [0.1, 0.15) is 12.4 Å². The molecule has 9 nitrogen and oxygen atoms in total. The molecule has 5 atom stereocenters. The maximum absolute atomic E-state index is 13.9. The van der Waals surface area contributed by atoms with E-state index >= 15 is 0 Å². The van der Waals surface area contributed by atoms with E-state index in [1.165, 1.54) is 27.8 Å². The van der Waals surface area contributed by atoms with E-state index in [9.17, 15) is 9.59 Å². The number of hydrogen-bond acceptors (Lipinski definition) is 9. The number of nitrogens with one attached hydrogen (secondary N) is 1. The van der Waals surface area contributed by atoms with Crippen LogP contribution in [0.5, 0.6) is 0 Å². The Balaban J connectivity index is 1.77. The van der Waals surface area contributed by atoms with Gasteiger partial charge in [-0.05, 0) is 112 Å². The van der Waals surface area contributed by atoms with Gasteiger partial charge in [0.15, 0.2) is 0 Å². The fraction of sp³-hybridized carbons (Fsp3) is 0.565. The van der Waals surface area contributed by atoms with Crippen LogP contribution >= 0.6 is 0 Å². The predicted octanol–water partition coefficient (Wildman–Crippen LogP) is 8.76. The van der Waals surface area contributed by atoms with Crippen molar-refractivity contribution in [2.24, 2.45) is 11.8 Å². The first kappa shape index (κ1) is 47.2. The van der Waals surface area contributed by atoms with E-state index in [1.807, 2.05) is 6.07 Å². The Morgan fingerprint density at radius 2 is 1.32 bits per heavy atom. The summed E-state index contributed by atoms with van der Waals surface area (Å²) in [6.07, 6.45) is 4.48. The van der Waals surface area contributed by atoms with Gasteiger partial charge in [-0.1, -0.05) is 92.7 Å². The van der Waals surface area contributed by atoms with E-state index in [0.717, 1.165) is 44.9 Å². The van der Waals surface area contributed by atoms with Crippen LogP contribution in [0, 0.1) is 11.8 Å². The largest absolute Gasteiger partial charge is 0.500 e. The summed E-state index contributed by atoms with van der Waals surface area (Å²) in [5.74, 6) is -0.285. The fourth-order valence-corrected chi connectivity index (χ4v) is 9.45. The summed E-state index contributed by atoms with van der Waals surface area (Å²) in [5.41, 5.74) is 6.18. The van der Waals surface area contributed by atoms with Gasteiger partial charge < -0.3 is 33.0 Å². The number of Topliss-reactive ketones (excluding diaryl/α,β-unsaturated/α-hetero) is 1. The number of hydrogen-bond donors (Lipinski definition) is 1.